The van der Waals surface area contributed by atoms with Crippen molar-refractivity contribution in [2.24, 2.45) is 11.8 Å². The maximum atomic E-state index is 5.89. The van der Waals surface area contributed by atoms with E-state index in [2.05, 4.69) is 22.3 Å². The molecular formula is C20H30N2O3. The van der Waals surface area contributed by atoms with Crippen LogP contribution in [0.3, 0.4) is 0 Å². The molecule has 0 unspecified atom stereocenters. The molecule has 0 amide bonds. The first-order chi connectivity index (χ1) is 12.3. The van der Waals surface area contributed by atoms with Crippen molar-refractivity contribution < 1.29 is 14.2 Å². The predicted octanol–water partition coefficient (Wildman–Crippen LogP) is 2.30. The Morgan fingerprint density at radius 2 is 1.88 bits per heavy atom. The van der Waals surface area contributed by atoms with Crippen LogP contribution in [0.5, 0.6) is 5.75 Å². The van der Waals surface area contributed by atoms with Crippen molar-refractivity contribution in [1.82, 2.24) is 5.32 Å². The minimum atomic E-state index is 0.428. The van der Waals surface area contributed by atoms with E-state index in [9.17, 15) is 0 Å². The number of benzene rings is 1. The molecule has 0 spiro atoms. The van der Waals surface area contributed by atoms with Crippen LogP contribution in [0.4, 0.5) is 5.69 Å². The molecule has 4 rings (SSSR count). The number of fused-ring (bicyclic) bond motifs is 1. The van der Waals surface area contributed by atoms with Gasteiger partial charge in [0.25, 0.3) is 0 Å². The van der Waals surface area contributed by atoms with Gasteiger partial charge in [-0.1, -0.05) is 0 Å². The first-order valence-electron chi connectivity index (χ1n) is 9.55. The lowest BCUT2D eigenvalue weighted by molar-refractivity contribution is -0.0873. The molecule has 5 nitrogen and oxygen atoms in total. The zero-order valence-electron chi connectivity index (χ0n) is 15.3. The summed E-state index contributed by atoms with van der Waals surface area (Å²) < 4.78 is 16.6. The topological polar surface area (TPSA) is 43.0 Å². The van der Waals surface area contributed by atoms with Gasteiger partial charge in [-0.3, -0.25) is 0 Å². The van der Waals surface area contributed by atoms with E-state index < -0.39 is 0 Å². The second kappa shape index (κ2) is 7.52. The lowest BCUT2D eigenvalue weighted by Crippen LogP contribution is -2.64. The summed E-state index contributed by atoms with van der Waals surface area (Å²) in [6.45, 7) is 3.94. The Labute approximate surface area is 150 Å². The van der Waals surface area contributed by atoms with Crippen LogP contribution in [0.25, 0.3) is 0 Å². The van der Waals surface area contributed by atoms with Crippen molar-refractivity contribution in [3.8, 4) is 5.75 Å². The second-order valence-electron chi connectivity index (χ2n) is 7.56. The van der Waals surface area contributed by atoms with Crippen molar-refractivity contribution in [2.45, 2.75) is 37.5 Å². The van der Waals surface area contributed by atoms with E-state index in [1.165, 1.54) is 24.9 Å². The Morgan fingerprint density at radius 3 is 2.56 bits per heavy atom. The molecule has 0 radical (unpaired) electrons. The minimum Gasteiger partial charge on any atom is -0.497 e. The van der Waals surface area contributed by atoms with Crippen LogP contribution in [0.15, 0.2) is 24.3 Å². The fraction of sp³-hybridized carbons (Fsp3) is 0.700. The van der Waals surface area contributed by atoms with Gasteiger partial charge in [0.05, 0.1) is 19.8 Å². The number of nitrogens with zero attached hydrogens (tertiary/aromatic N) is 1. The van der Waals surface area contributed by atoms with Crippen LogP contribution in [0, 0.1) is 11.8 Å². The molecule has 1 N–H and O–H groups in total. The highest BCUT2D eigenvalue weighted by Gasteiger charge is 2.53. The SMILES string of the molecule is COC[C@H]1[C@@H](NC2CCN(c3ccc(OC)cc3)CC2)[C@H]2CCO[C@H]21. The molecule has 2 saturated heterocycles. The Hall–Kier alpha value is -1.30. The monoisotopic (exact) mass is 346 g/mol. The van der Waals surface area contributed by atoms with Gasteiger partial charge in [0.2, 0.25) is 0 Å². The molecular weight excluding hydrogens is 316 g/mol. The standard InChI is InChI=1S/C20H30N2O3/c1-23-13-18-19(17-9-12-25-20(17)18)21-14-7-10-22(11-8-14)15-3-5-16(24-2)6-4-15/h3-6,14,17-21H,7-13H2,1-2H3/t17-,18+,19+,20-/m1/s1. The second-order valence-corrected chi connectivity index (χ2v) is 7.56. The Bertz CT molecular complexity index is 557. The molecule has 1 saturated carbocycles. The molecule has 25 heavy (non-hydrogen) atoms. The van der Waals surface area contributed by atoms with Crippen molar-refractivity contribution in [3.63, 3.8) is 0 Å². The van der Waals surface area contributed by atoms with Gasteiger partial charge in [0, 0.05) is 56.4 Å². The van der Waals surface area contributed by atoms with E-state index in [1.807, 2.05) is 12.1 Å². The van der Waals surface area contributed by atoms with Crippen molar-refractivity contribution >= 4 is 5.69 Å². The van der Waals surface area contributed by atoms with Crippen LogP contribution in [-0.4, -0.2) is 58.7 Å². The number of ether oxygens (including phenoxy) is 3. The van der Waals surface area contributed by atoms with E-state index in [1.54, 1.807) is 14.2 Å². The number of nitrogens with one attached hydrogen (secondary N) is 1. The van der Waals surface area contributed by atoms with Crippen LogP contribution < -0.4 is 15.0 Å². The molecule has 0 bridgehead atoms. The number of rotatable bonds is 6. The summed E-state index contributed by atoms with van der Waals surface area (Å²) in [6, 6.07) is 9.60. The maximum absolute atomic E-state index is 5.89. The summed E-state index contributed by atoms with van der Waals surface area (Å²) in [6.07, 6.45) is 4.02. The summed E-state index contributed by atoms with van der Waals surface area (Å²) in [4.78, 5) is 2.48. The van der Waals surface area contributed by atoms with Gasteiger partial charge >= 0.3 is 0 Å². The largest absolute Gasteiger partial charge is 0.497 e. The van der Waals surface area contributed by atoms with E-state index in [4.69, 9.17) is 14.2 Å². The zero-order valence-corrected chi connectivity index (χ0v) is 15.3. The van der Waals surface area contributed by atoms with Crippen LogP contribution >= 0.6 is 0 Å². The highest BCUT2D eigenvalue weighted by Crippen LogP contribution is 2.44. The van der Waals surface area contributed by atoms with E-state index in [0.717, 1.165) is 32.1 Å². The van der Waals surface area contributed by atoms with Crippen LogP contribution in [0.2, 0.25) is 0 Å². The molecule has 138 valence electrons. The van der Waals surface area contributed by atoms with E-state index >= 15 is 0 Å². The predicted molar refractivity (Wildman–Crippen MR) is 98.4 cm³/mol. The van der Waals surface area contributed by atoms with Gasteiger partial charge < -0.3 is 24.4 Å². The molecule has 1 aliphatic carbocycles. The van der Waals surface area contributed by atoms with Crippen molar-refractivity contribution in [2.75, 3.05) is 45.4 Å². The molecule has 2 heterocycles. The summed E-state index contributed by atoms with van der Waals surface area (Å²) in [7, 11) is 3.51. The third-order valence-electron chi connectivity index (χ3n) is 6.25. The average Bonchev–Trinajstić information content (AvgIpc) is 3.09. The number of hydrogen-bond acceptors (Lipinski definition) is 5. The first-order valence-corrected chi connectivity index (χ1v) is 9.55. The van der Waals surface area contributed by atoms with Gasteiger partial charge in [-0.15, -0.1) is 0 Å². The quantitative estimate of drug-likeness (QED) is 0.856. The molecule has 0 aromatic heterocycles. The molecule has 3 aliphatic rings. The maximum Gasteiger partial charge on any atom is 0.119 e. The summed E-state index contributed by atoms with van der Waals surface area (Å²) in [5.41, 5.74) is 1.30. The lowest BCUT2D eigenvalue weighted by Gasteiger charge is -2.50. The summed E-state index contributed by atoms with van der Waals surface area (Å²) in [5.74, 6) is 2.14. The normalized spacial score (nSPS) is 32.3. The third kappa shape index (κ3) is 3.37. The van der Waals surface area contributed by atoms with Crippen molar-refractivity contribution in [1.29, 1.82) is 0 Å². The summed E-state index contributed by atoms with van der Waals surface area (Å²) in [5, 5.41) is 3.95. The van der Waals surface area contributed by atoms with Gasteiger partial charge in [0.15, 0.2) is 0 Å². The third-order valence-corrected chi connectivity index (χ3v) is 6.25. The number of hydrogen-bond donors (Lipinski definition) is 1. The fourth-order valence-corrected chi connectivity index (χ4v) is 4.84. The fourth-order valence-electron chi connectivity index (χ4n) is 4.84. The summed E-state index contributed by atoms with van der Waals surface area (Å²) >= 11 is 0. The molecule has 5 heteroatoms. The van der Waals surface area contributed by atoms with Crippen LogP contribution in [0.1, 0.15) is 19.3 Å². The van der Waals surface area contributed by atoms with Gasteiger partial charge in [-0.25, -0.2) is 0 Å². The average molecular weight is 346 g/mol. The van der Waals surface area contributed by atoms with E-state index in [-0.39, 0.29) is 0 Å². The minimum absolute atomic E-state index is 0.428. The highest BCUT2D eigenvalue weighted by atomic mass is 16.5. The Balaban J connectivity index is 1.29. The number of piperidine rings is 1. The first kappa shape index (κ1) is 17.1. The molecule has 3 fully saturated rings. The number of anilines is 1. The zero-order chi connectivity index (χ0) is 17.2. The van der Waals surface area contributed by atoms with Gasteiger partial charge in [0.1, 0.15) is 5.75 Å². The lowest BCUT2D eigenvalue weighted by atomic mass is 9.66. The van der Waals surface area contributed by atoms with Crippen LogP contribution in [-0.2, 0) is 9.47 Å². The van der Waals surface area contributed by atoms with Gasteiger partial charge in [-0.2, -0.15) is 0 Å². The smallest absolute Gasteiger partial charge is 0.119 e. The van der Waals surface area contributed by atoms with Crippen molar-refractivity contribution in [3.05, 3.63) is 24.3 Å². The van der Waals surface area contributed by atoms with E-state index in [0.29, 0.717) is 30.0 Å². The Kier molecular flexibility index (Phi) is 5.15. The molecule has 1 aromatic carbocycles. The Morgan fingerprint density at radius 1 is 1.12 bits per heavy atom. The molecule has 2 aliphatic heterocycles. The highest BCUT2D eigenvalue weighted by molar-refractivity contribution is 5.49. The molecule has 4 atom stereocenters. The van der Waals surface area contributed by atoms with Gasteiger partial charge in [-0.05, 0) is 43.5 Å². The number of methoxy groups -OCH3 is 2. The molecule has 1 aromatic rings.